The molecule has 0 aliphatic carbocycles. The average molecular weight is 455 g/mol. The van der Waals surface area contributed by atoms with Crippen LogP contribution in [0.5, 0.6) is 11.5 Å². The predicted molar refractivity (Wildman–Crippen MR) is 125 cm³/mol. The van der Waals surface area contributed by atoms with Crippen molar-refractivity contribution in [1.82, 2.24) is 14.5 Å². The number of hydrogen-bond acceptors (Lipinski definition) is 6. The van der Waals surface area contributed by atoms with Gasteiger partial charge in [0.15, 0.2) is 17.1 Å². The topological polar surface area (TPSA) is 104 Å². The molecule has 8 nitrogen and oxygen atoms in total. The van der Waals surface area contributed by atoms with Crippen molar-refractivity contribution in [2.75, 3.05) is 17.8 Å². The summed E-state index contributed by atoms with van der Waals surface area (Å²) in [6.07, 6.45) is 0. The number of hydrogen-bond donors (Lipinski definition) is 2. The zero-order chi connectivity index (χ0) is 23.2. The molecule has 0 fully saturated rings. The number of nitrogen functional groups attached to an aromatic ring is 1. The van der Waals surface area contributed by atoms with Crippen LogP contribution in [0.2, 0.25) is 0 Å². The minimum atomic E-state index is -0.498. The molecular weight excluding hydrogens is 437 g/mol. The summed E-state index contributed by atoms with van der Waals surface area (Å²) in [6.45, 7) is 0.508. The highest BCUT2D eigenvalue weighted by Gasteiger charge is 2.25. The third kappa shape index (κ3) is 3.34. The van der Waals surface area contributed by atoms with E-state index in [-0.39, 0.29) is 18.2 Å². The third-order valence-electron chi connectivity index (χ3n) is 5.68. The van der Waals surface area contributed by atoms with Crippen molar-refractivity contribution >= 4 is 39.6 Å². The Kier molecular flexibility index (Phi) is 4.54. The van der Waals surface area contributed by atoms with Crippen LogP contribution in [-0.2, 0) is 6.54 Å². The molecule has 0 saturated heterocycles. The summed E-state index contributed by atoms with van der Waals surface area (Å²) in [6, 6.07) is 18.7. The van der Waals surface area contributed by atoms with Crippen LogP contribution in [-0.4, -0.2) is 27.2 Å². The Labute approximate surface area is 192 Å². The lowest BCUT2D eigenvalue weighted by Gasteiger charge is -2.09. The first kappa shape index (κ1) is 20.0. The third-order valence-corrected chi connectivity index (χ3v) is 5.68. The number of amides is 1. The molecule has 3 N–H and O–H groups in total. The molecule has 0 atom stereocenters. The molecule has 5 aromatic rings. The molecule has 0 radical (unpaired) electrons. The van der Waals surface area contributed by atoms with Gasteiger partial charge in [0.2, 0.25) is 6.79 Å². The van der Waals surface area contributed by atoms with Crippen molar-refractivity contribution in [3.8, 4) is 11.5 Å². The number of nitrogens with one attached hydrogen (secondary N) is 1. The van der Waals surface area contributed by atoms with Crippen molar-refractivity contribution in [3.63, 3.8) is 0 Å². The first-order chi connectivity index (χ1) is 16.6. The van der Waals surface area contributed by atoms with Gasteiger partial charge in [-0.25, -0.2) is 14.4 Å². The van der Waals surface area contributed by atoms with E-state index >= 15 is 0 Å². The van der Waals surface area contributed by atoms with Gasteiger partial charge in [0, 0.05) is 5.69 Å². The van der Waals surface area contributed by atoms with Gasteiger partial charge in [-0.15, -0.1) is 0 Å². The Bertz CT molecular complexity index is 1600. The fourth-order valence-corrected chi connectivity index (χ4v) is 4.08. The fraction of sp³-hybridized carbons (Fsp3) is 0.0800. The number of rotatable bonds is 4. The number of nitrogens with two attached hydrogens (primary N) is 1. The second-order valence-electron chi connectivity index (χ2n) is 7.88. The lowest BCUT2D eigenvalue weighted by Crippen LogP contribution is -2.15. The number of carbonyl (C=O) groups excluding carboxylic acids is 1. The van der Waals surface area contributed by atoms with E-state index in [1.54, 1.807) is 10.6 Å². The number of para-hydroxylation sites is 2. The zero-order valence-electron chi connectivity index (χ0n) is 17.8. The molecule has 2 aromatic heterocycles. The maximum Gasteiger partial charge on any atom is 0.261 e. The van der Waals surface area contributed by atoms with Crippen molar-refractivity contribution in [2.45, 2.75) is 6.54 Å². The summed E-state index contributed by atoms with van der Waals surface area (Å²) in [7, 11) is 0. The number of nitrogens with zero attached hydrogens (tertiary/aromatic N) is 3. The number of benzene rings is 3. The maximum absolute atomic E-state index is 13.6. The van der Waals surface area contributed by atoms with Crippen LogP contribution < -0.4 is 20.5 Å². The van der Waals surface area contributed by atoms with Crippen molar-refractivity contribution in [3.05, 3.63) is 83.7 Å². The van der Waals surface area contributed by atoms with E-state index in [4.69, 9.17) is 25.2 Å². The van der Waals surface area contributed by atoms with Gasteiger partial charge in [0.05, 0.1) is 17.6 Å². The minimum Gasteiger partial charge on any atom is -0.454 e. The normalized spacial score (nSPS) is 12.4. The summed E-state index contributed by atoms with van der Waals surface area (Å²) in [4.78, 5) is 22.7. The van der Waals surface area contributed by atoms with Gasteiger partial charge in [-0.3, -0.25) is 4.79 Å². The largest absolute Gasteiger partial charge is 0.454 e. The van der Waals surface area contributed by atoms with Gasteiger partial charge in [-0.2, -0.15) is 0 Å². The van der Waals surface area contributed by atoms with E-state index in [0.29, 0.717) is 45.9 Å². The Morgan fingerprint density at radius 3 is 2.62 bits per heavy atom. The Morgan fingerprint density at radius 1 is 1.00 bits per heavy atom. The molecule has 1 aliphatic rings. The minimum absolute atomic E-state index is 0.176. The SMILES string of the molecule is Nc1c(C(=O)Nc2cccc(F)c2)c2nc3ccccc3nc2n1Cc1ccc2c(c1)OCO2. The van der Waals surface area contributed by atoms with Crippen molar-refractivity contribution in [2.24, 2.45) is 0 Å². The zero-order valence-corrected chi connectivity index (χ0v) is 17.8. The summed E-state index contributed by atoms with van der Waals surface area (Å²) in [5.74, 6) is 0.573. The predicted octanol–water partition coefficient (Wildman–Crippen LogP) is 4.34. The van der Waals surface area contributed by atoms with Crippen LogP contribution in [0.3, 0.4) is 0 Å². The smallest absolute Gasteiger partial charge is 0.261 e. The highest BCUT2D eigenvalue weighted by Crippen LogP contribution is 2.34. The highest BCUT2D eigenvalue weighted by molar-refractivity contribution is 6.16. The molecule has 3 heterocycles. The van der Waals surface area contributed by atoms with Crippen molar-refractivity contribution < 1.29 is 18.7 Å². The van der Waals surface area contributed by atoms with Crippen molar-refractivity contribution in [1.29, 1.82) is 0 Å². The quantitative estimate of drug-likeness (QED) is 0.418. The first-order valence-electron chi connectivity index (χ1n) is 10.6. The number of halogens is 1. The molecule has 3 aromatic carbocycles. The highest BCUT2D eigenvalue weighted by atomic mass is 19.1. The van der Waals surface area contributed by atoms with E-state index < -0.39 is 11.7 Å². The van der Waals surface area contributed by atoms with E-state index in [0.717, 1.165) is 5.56 Å². The molecule has 9 heteroatoms. The van der Waals surface area contributed by atoms with Gasteiger partial charge >= 0.3 is 0 Å². The molecule has 1 aliphatic heterocycles. The second-order valence-corrected chi connectivity index (χ2v) is 7.88. The molecule has 34 heavy (non-hydrogen) atoms. The molecular formula is C25H18FN5O3. The number of fused-ring (bicyclic) bond motifs is 3. The summed E-state index contributed by atoms with van der Waals surface area (Å²) < 4.78 is 26.3. The fourth-order valence-electron chi connectivity index (χ4n) is 4.08. The van der Waals surface area contributed by atoms with E-state index in [1.807, 2.05) is 42.5 Å². The van der Waals surface area contributed by atoms with Gasteiger partial charge in [-0.05, 0) is 48.0 Å². The van der Waals surface area contributed by atoms with Gasteiger partial charge in [0.1, 0.15) is 22.7 Å². The summed E-state index contributed by atoms with van der Waals surface area (Å²) in [5.41, 5.74) is 10.0. The molecule has 6 rings (SSSR count). The summed E-state index contributed by atoms with van der Waals surface area (Å²) >= 11 is 0. The van der Waals surface area contributed by atoms with Gasteiger partial charge in [0.25, 0.3) is 5.91 Å². The second kappa shape index (κ2) is 7.73. The number of anilines is 2. The molecule has 168 valence electrons. The average Bonchev–Trinajstić information content (AvgIpc) is 3.40. The molecule has 1 amide bonds. The van der Waals surface area contributed by atoms with Crippen LogP contribution in [0.25, 0.3) is 22.2 Å². The van der Waals surface area contributed by atoms with Crippen LogP contribution in [0, 0.1) is 5.82 Å². The van der Waals surface area contributed by atoms with E-state index in [1.165, 1.54) is 18.2 Å². The first-order valence-corrected chi connectivity index (χ1v) is 10.6. The Balaban J connectivity index is 1.49. The monoisotopic (exact) mass is 455 g/mol. The summed E-state index contributed by atoms with van der Waals surface area (Å²) in [5, 5.41) is 2.71. The van der Waals surface area contributed by atoms with E-state index in [2.05, 4.69) is 5.32 Å². The van der Waals surface area contributed by atoms with Crippen LogP contribution >= 0.6 is 0 Å². The number of carbonyl (C=O) groups is 1. The molecule has 0 bridgehead atoms. The number of ether oxygens (including phenoxy) is 2. The van der Waals surface area contributed by atoms with E-state index in [9.17, 15) is 9.18 Å². The molecule has 0 unspecified atom stereocenters. The van der Waals surface area contributed by atoms with Gasteiger partial charge in [-0.1, -0.05) is 24.3 Å². The number of aromatic nitrogens is 3. The molecule has 0 spiro atoms. The maximum atomic E-state index is 13.6. The lowest BCUT2D eigenvalue weighted by molar-refractivity contribution is 0.102. The standard InChI is InChI=1S/C25H18FN5O3/c26-15-4-3-5-16(11-15)28-25(32)21-22-24(30-18-7-2-1-6-17(18)29-22)31(23(21)27)12-14-8-9-19-20(10-14)34-13-33-19/h1-11H,12-13,27H2,(H,28,32). The van der Waals surface area contributed by atoms with Gasteiger partial charge < -0.3 is 25.1 Å². The van der Waals surface area contributed by atoms with Crippen LogP contribution in [0.4, 0.5) is 15.9 Å². The molecule has 0 saturated carbocycles. The Morgan fingerprint density at radius 2 is 1.79 bits per heavy atom. The lowest BCUT2D eigenvalue weighted by atomic mass is 10.2. The van der Waals surface area contributed by atoms with Crippen LogP contribution in [0.15, 0.2) is 66.7 Å². The van der Waals surface area contributed by atoms with Crippen LogP contribution in [0.1, 0.15) is 15.9 Å². The Hall–Kier alpha value is -4.66.